The van der Waals surface area contributed by atoms with Crippen LogP contribution in [0.1, 0.15) is 17.0 Å². The normalized spacial score (nSPS) is 17.7. The summed E-state index contributed by atoms with van der Waals surface area (Å²) in [5.74, 6) is -0.565. The molecule has 1 saturated heterocycles. The van der Waals surface area contributed by atoms with Crippen LogP contribution in [-0.2, 0) is 38.8 Å². The summed E-state index contributed by atoms with van der Waals surface area (Å²) >= 11 is 2.88. The SMILES string of the molecule is O=C(OCc1c(-c2ccccc2)no[n+]1[O-])C1=C(C(=O)OCc2c(-c3ccccc3)no[n+]2[O-])C2CSC(CS1)N2Cc1ccccc1. The van der Waals surface area contributed by atoms with Gasteiger partial charge in [0.15, 0.2) is 13.2 Å². The molecule has 5 aromatic rings. The van der Waals surface area contributed by atoms with E-state index in [9.17, 15) is 20.0 Å². The zero-order valence-electron chi connectivity index (χ0n) is 25.2. The van der Waals surface area contributed by atoms with Crippen LogP contribution in [0.15, 0.2) is 111 Å². The van der Waals surface area contributed by atoms with E-state index in [1.54, 1.807) is 60.3 Å². The molecule has 0 radical (unpaired) electrons. The Hall–Kier alpha value is -5.12. The maximum atomic E-state index is 14.1. The Labute approximate surface area is 282 Å². The summed E-state index contributed by atoms with van der Waals surface area (Å²) < 4.78 is 21.1. The van der Waals surface area contributed by atoms with Crippen LogP contribution in [0.4, 0.5) is 0 Å². The Balaban J connectivity index is 1.19. The van der Waals surface area contributed by atoms with Gasteiger partial charge >= 0.3 is 11.9 Å². The number of thioether (sulfide) groups is 2. The molecule has 48 heavy (non-hydrogen) atoms. The third-order valence-electron chi connectivity index (χ3n) is 7.95. The Morgan fingerprint density at radius 1 is 0.771 bits per heavy atom. The number of esters is 2. The number of aromatic nitrogens is 4. The Kier molecular flexibility index (Phi) is 9.14. The van der Waals surface area contributed by atoms with Gasteiger partial charge in [0.2, 0.25) is 11.4 Å². The molecule has 2 atom stereocenters. The van der Waals surface area contributed by atoms with E-state index in [-0.39, 0.29) is 48.4 Å². The van der Waals surface area contributed by atoms with Gasteiger partial charge in [0.1, 0.15) is 4.91 Å². The van der Waals surface area contributed by atoms with Gasteiger partial charge in [-0.15, -0.1) is 23.5 Å². The van der Waals surface area contributed by atoms with E-state index in [1.807, 2.05) is 42.5 Å². The molecular weight excluding hydrogens is 659 g/mol. The van der Waals surface area contributed by atoms with Crippen molar-refractivity contribution in [2.75, 3.05) is 11.5 Å². The van der Waals surface area contributed by atoms with Crippen molar-refractivity contribution in [1.82, 2.24) is 15.2 Å². The largest absolute Gasteiger partial charge is 0.453 e. The molecule has 244 valence electrons. The molecule has 4 heterocycles. The van der Waals surface area contributed by atoms with Gasteiger partial charge < -0.3 is 19.9 Å². The van der Waals surface area contributed by atoms with Crippen LogP contribution in [0.5, 0.6) is 0 Å². The molecule has 0 aliphatic carbocycles. The summed E-state index contributed by atoms with van der Waals surface area (Å²) in [6, 6.07) is 27.1. The fourth-order valence-electron chi connectivity index (χ4n) is 5.59. The first-order valence-electron chi connectivity index (χ1n) is 14.9. The number of hydrogen-bond acceptors (Lipinski definition) is 13. The van der Waals surface area contributed by atoms with Gasteiger partial charge in [0.25, 0.3) is 11.4 Å². The summed E-state index contributed by atoms with van der Waals surface area (Å²) in [6.45, 7) is -0.368. The first-order chi connectivity index (χ1) is 23.5. The highest BCUT2D eigenvalue weighted by atomic mass is 32.2. The fourth-order valence-corrected chi connectivity index (χ4v) is 8.41. The highest BCUT2D eigenvalue weighted by molar-refractivity contribution is 8.06. The maximum absolute atomic E-state index is 14.1. The number of ether oxygens (including phenoxy) is 2. The molecule has 3 aromatic carbocycles. The summed E-state index contributed by atoms with van der Waals surface area (Å²) in [4.78, 5) is 30.5. The summed E-state index contributed by atoms with van der Waals surface area (Å²) in [6.07, 6.45) is 0. The molecule has 13 nitrogen and oxygen atoms in total. The molecule has 2 bridgehead atoms. The second-order valence-corrected chi connectivity index (χ2v) is 13.1. The quantitative estimate of drug-likeness (QED) is 0.153. The van der Waals surface area contributed by atoms with Gasteiger partial charge in [-0.3, -0.25) is 14.2 Å². The van der Waals surface area contributed by atoms with E-state index in [4.69, 9.17) is 18.7 Å². The van der Waals surface area contributed by atoms with Crippen LogP contribution in [-0.4, -0.2) is 50.1 Å². The lowest BCUT2D eigenvalue weighted by atomic mass is 10.1. The lowest BCUT2D eigenvalue weighted by molar-refractivity contribution is -0.808. The summed E-state index contributed by atoms with van der Waals surface area (Å²) in [5.41, 5.74) is 2.86. The molecule has 0 spiro atoms. The number of carbonyl (C=O) groups is 2. The predicted octanol–water partition coefficient (Wildman–Crippen LogP) is 3.99. The van der Waals surface area contributed by atoms with Crippen molar-refractivity contribution in [2.24, 2.45) is 0 Å². The van der Waals surface area contributed by atoms with E-state index in [1.165, 1.54) is 11.8 Å². The topological polar surface area (TPSA) is 162 Å². The fraction of sp³-hybridized carbons (Fsp3) is 0.212. The molecule has 0 N–H and O–H groups in total. The third-order valence-corrected chi connectivity index (χ3v) is 10.7. The second-order valence-electron chi connectivity index (χ2n) is 10.9. The lowest BCUT2D eigenvalue weighted by Crippen LogP contribution is -2.39. The lowest BCUT2D eigenvalue weighted by Gasteiger charge is -2.28. The molecule has 15 heteroatoms. The van der Waals surface area contributed by atoms with E-state index < -0.39 is 31.2 Å². The Bertz CT molecular complexity index is 1950. The van der Waals surface area contributed by atoms with E-state index in [0.717, 1.165) is 5.56 Å². The number of rotatable bonds is 10. The highest BCUT2D eigenvalue weighted by Gasteiger charge is 2.45. The van der Waals surface area contributed by atoms with Gasteiger partial charge in [-0.05, 0) is 15.4 Å². The minimum absolute atomic E-state index is 0.00117. The van der Waals surface area contributed by atoms with Crippen LogP contribution < -0.4 is 9.81 Å². The minimum Gasteiger partial charge on any atom is -0.453 e. The number of hydrogen-bond donors (Lipinski definition) is 0. The molecule has 0 saturated carbocycles. The van der Waals surface area contributed by atoms with E-state index in [2.05, 4.69) is 15.2 Å². The molecule has 2 aromatic heterocycles. The van der Waals surface area contributed by atoms with Crippen molar-refractivity contribution in [2.45, 2.75) is 31.2 Å². The standard InChI is InChI=1S/C33H27N5O8S2/c39-32(43-17-24-29(34-45-37(24)41)22-12-6-2-7-13-22)28-26-19-47-27(36(26)16-21-10-4-1-5-11-21)20-48-31(28)33(40)44-18-25-30(35-46-38(25)42)23-14-8-3-9-15-23/h1-15,26-27H,16-20H2. The number of carbonyl (C=O) groups excluding carboxylic acids is 2. The smallest absolute Gasteiger partial charge is 0.345 e. The predicted molar refractivity (Wildman–Crippen MR) is 173 cm³/mol. The van der Waals surface area contributed by atoms with Crippen LogP contribution in [0.2, 0.25) is 0 Å². The monoisotopic (exact) mass is 685 g/mol. The summed E-state index contributed by atoms with van der Waals surface area (Å²) in [7, 11) is 0. The number of fused-ring (bicyclic) bond motifs is 2. The molecule has 2 aliphatic heterocycles. The first-order valence-corrected chi connectivity index (χ1v) is 16.9. The second kappa shape index (κ2) is 13.9. The maximum Gasteiger partial charge on any atom is 0.345 e. The average Bonchev–Trinajstić information content (AvgIpc) is 3.77. The zero-order valence-corrected chi connectivity index (χ0v) is 26.8. The molecule has 2 unspecified atom stereocenters. The van der Waals surface area contributed by atoms with Crippen molar-refractivity contribution in [3.8, 4) is 22.5 Å². The summed E-state index contributed by atoms with van der Waals surface area (Å²) in [5, 5.41) is 32.7. The van der Waals surface area contributed by atoms with Gasteiger partial charge in [0.05, 0.1) is 17.0 Å². The minimum atomic E-state index is -0.793. The first kappa shape index (κ1) is 31.5. The van der Waals surface area contributed by atoms with Crippen molar-refractivity contribution >= 4 is 35.5 Å². The molecule has 7 rings (SSSR count). The number of nitrogens with zero attached hydrogens (tertiary/aromatic N) is 5. The van der Waals surface area contributed by atoms with Crippen LogP contribution >= 0.6 is 23.5 Å². The zero-order chi connectivity index (χ0) is 33.0. The van der Waals surface area contributed by atoms with Gasteiger partial charge in [0, 0.05) is 39.5 Å². The van der Waals surface area contributed by atoms with E-state index >= 15 is 0 Å². The van der Waals surface area contributed by atoms with Crippen LogP contribution in [0.25, 0.3) is 22.5 Å². The van der Waals surface area contributed by atoms with Gasteiger partial charge in [-0.25, -0.2) is 9.59 Å². The van der Waals surface area contributed by atoms with Crippen molar-refractivity contribution < 1.29 is 38.1 Å². The molecule has 1 fully saturated rings. The molecular formula is C33H27N5O8S2. The van der Waals surface area contributed by atoms with Crippen molar-refractivity contribution in [3.63, 3.8) is 0 Å². The average molecular weight is 686 g/mol. The molecule has 0 amide bonds. The van der Waals surface area contributed by atoms with Crippen LogP contribution in [0, 0.1) is 10.4 Å². The Morgan fingerprint density at radius 3 is 1.85 bits per heavy atom. The Morgan fingerprint density at radius 2 is 1.29 bits per heavy atom. The van der Waals surface area contributed by atoms with Gasteiger partial charge in [-0.1, -0.05) is 91.0 Å². The highest BCUT2D eigenvalue weighted by Crippen LogP contribution is 2.43. The third kappa shape index (κ3) is 6.39. The molecule has 2 aliphatic rings. The number of benzene rings is 3. The van der Waals surface area contributed by atoms with E-state index in [0.29, 0.717) is 29.2 Å². The van der Waals surface area contributed by atoms with Crippen molar-refractivity contribution in [3.05, 3.63) is 129 Å². The van der Waals surface area contributed by atoms with Crippen LogP contribution in [0.3, 0.4) is 0 Å². The van der Waals surface area contributed by atoms with Gasteiger partial charge in [-0.2, -0.15) is 0 Å². The van der Waals surface area contributed by atoms with Crippen molar-refractivity contribution in [1.29, 1.82) is 0 Å².